The Bertz CT molecular complexity index is 1230. The molecule has 0 saturated carbocycles. The van der Waals surface area contributed by atoms with Crippen molar-refractivity contribution in [1.82, 2.24) is 15.2 Å². The first-order valence-electron chi connectivity index (χ1n) is 10.3. The molecule has 3 rings (SSSR count). The molecule has 178 valence electrons. The molecule has 0 bridgehead atoms. The average molecular weight is 504 g/mol. The van der Waals surface area contributed by atoms with Gasteiger partial charge in [-0.05, 0) is 69.7 Å². The van der Waals surface area contributed by atoms with E-state index in [1.54, 1.807) is 51.1 Å². The summed E-state index contributed by atoms with van der Waals surface area (Å²) in [6.07, 6.45) is 0. The van der Waals surface area contributed by atoms with Crippen LogP contribution < -0.4 is 10.2 Å². The third kappa shape index (κ3) is 5.55. The molecule has 1 unspecified atom stereocenters. The van der Waals surface area contributed by atoms with Gasteiger partial charge in [-0.25, -0.2) is 5.43 Å². The number of hydrogen-bond donors (Lipinski definition) is 1. The van der Waals surface area contributed by atoms with Crippen LogP contribution >= 0.6 is 23.2 Å². The van der Waals surface area contributed by atoms with Gasteiger partial charge in [0.1, 0.15) is 29.8 Å². The molecule has 0 fully saturated rings. The minimum absolute atomic E-state index is 0.0987. The van der Waals surface area contributed by atoms with Crippen molar-refractivity contribution in [3.63, 3.8) is 0 Å². The first-order chi connectivity index (χ1) is 16.1. The number of rotatable bonds is 8. The van der Waals surface area contributed by atoms with E-state index in [0.717, 1.165) is 5.56 Å². The Morgan fingerprint density at radius 1 is 1.21 bits per heavy atom. The highest BCUT2D eigenvalue weighted by molar-refractivity contribution is 6.35. The van der Waals surface area contributed by atoms with E-state index in [0.29, 0.717) is 32.8 Å². The van der Waals surface area contributed by atoms with Crippen LogP contribution in [-0.2, 0) is 11.4 Å². The Morgan fingerprint density at radius 2 is 1.82 bits per heavy atom. The van der Waals surface area contributed by atoms with Crippen LogP contribution in [0, 0.1) is 24.0 Å². The van der Waals surface area contributed by atoms with E-state index >= 15 is 0 Å². The fourth-order valence-corrected chi connectivity index (χ4v) is 3.83. The van der Waals surface area contributed by atoms with Gasteiger partial charge in [0.05, 0.1) is 10.6 Å². The number of carbonyl (C=O) groups excluding carboxylic acids is 1. The number of nitro groups is 1. The number of benzene rings is 2. The van der Waals surface area contributed by atoms with E-state index in [1.165, 1.54) is 11.6 Å². The highest BCUT2D eigenvalue weighted by Crippen LogP contribution is 2.26. The maximum Gasteiger partial charge on any atom is 0.312 e. The minimum Gasteiger partial charge on any atom is -0.489 e. The lowest BCUT2D eigenvalue weighted by Gasteiger charge is -2.12. The summed E-state index contributed by atoms with van der Waals surface area (Å²) < 4.78 is 7.10. The SMILES string of the molecule is C/C(=N\NC(=O)C(C)n1nc(C)c([N+](=O)[O-])c1C)c1ccc(OCc2c(Cl)cccc2Cl)cc1. The van der Waals surface area contributed by atoms with Crippen LogP contribution in [0.5, 0.6) is 5.75 Å². The van der Waals surface area contributed by atoms with Gasteiger partial charge in [-0.15, -0.1) is 0 Å². The Hall–Kier alpha value is -3.43. The predicted molar refractivity (Wildman–Crippen MR) is 131 cm³/mol. The third-order valence-electron chi connectivity index (χ3n) is 5.27. The second-order valence-electron chi connectivity index (χ2n) is 7.58. The molecule has 0 spiro atoms. The fraction of sp³-hybridized carbons (Fsp3) is 0.261. The van der Waals surface area contributed by atoms with Crippen molar-refractivity contribution in [3.05, 3.63) is 85.1 Å². The highest BCUT2D eigenvalue weighted by Gasteiger charge is 2.27. The zero-order chi connectivity index (χ0) is 25.0. The first kappa shape index (κ1) is 25.2. The van der Waals surface area contributed by atoms with E-state index in [2.05, 4.69) is 15.6 Å². The zero-order valence-electron chi connectivity index (χ0n) is 19.0. The Kier molecular flexibility index (Phi) is 7.90. The maximum absolute atomic E-state index is 12.6. The van der Waals surface area contributed by atoms with E-state index in [-0.39, 0.29) is 18.0 Å². The fourth-order valence-electron chi connectivity index (χ4n) is 3.32. The molecule has 0 aliphatic rings. The van der Waals surface area contributed by atoms with Crippen molar-refractivity contribution in [1.29, 1.82) is 0 Å². The number of hydrogen-bond acceptors (Lipinski definition) is 6. The minimum atomic E-state index is -0.781. The van der Waals surface area contributed by atoms with Crippen LogP contribution in [0.1, 0.15) is 42.4 Å². The molecule has 1 heterocycles. The van der Waals surface area contributed by atoms with E-state index in [1.807, 2.05) is 12.1 Å². The molecule has 34 heavy (non-hydrogen) atoms. The molecule has 2 aromatic carbocycles. The lowest BCUT2D eigenvalue weighted by Crippen LogP contribution is -2.29. The van der Waals surface area contributed by atoms with Gasteiger partial charge in [-0.1, -0.05) is 29.3 Å². The number of aromatic nitrogens is 2. The van der Waals surface area contributed by atoms with Crippen molar-refractivity contribution >= 4 is 40.5 Å². The maximum atomic E-state index is 12.6. The van der Waals surface area contributed by atoms with Crippen molar-refractivity contribution in [3.8, 4) is 5.75 Å². The Balaban J connectivity index is 1.63. The number of carbonyl (C=O) groups is 1. The normalized spacial score (nSPS) is 12.4. The summed E-state index contributed by atoms with van der Waals surface area (Å²) in [4.78, 5) is 23.3. The van der Waals surface area contributed by atoms with Crippen molar-refractivity contribution in [2.75, 3.05) is 0 Å². The van der Waals surface area contributed by atoms with Crippen LogP contribution in [0.4, 0.5) is 5.69 Å². The monoisotopic (exact) mass is 503 g/mol. The summed E-state index contributed by atoms with van der Waals surface area (Å²) in [5.41, 5.74) is 5.00. The smallest absolute Gasteiger partial charge is 0.312 e. The Morgan fingerprint density at radius 3 is 2.38 bits per heavy atom. The van der Waals surface area contributed by atoms with Gasteiger partial charge < -0.3 is 4.74 Å². The molecule has 0 saturated heterocycles. The molecule has 0 aliphatic heterocycles. The zero-order valence-corrected chi connectivity index (χ0v) is 20.5. The Labute approximate surface area is 206 Å². The first-order valence-corrected chi connectivity index (χ1v) is 11.1. The van der Waals surface area contributed by atoms with Gasteiger partial charge in [-0.3, -0.25) is 19.6 Å². The molecule has 0 radical (unpaired) electrons. The molecule has 3 aromatic rings. The van der Waals surface area contributed by atoms with Crippen LogP contribution in [0.2, 0.25) is 10.0 Å². The molecule has 9 nitrogen and oxygen atoms in total. The second kappa shape index (κ2) is 10.7. The number of ether oxygens (including phenoxy) is 1. The quantitative estimate of drug-likeness (QED) is 0.251. The molecule has 11 heteroatoms. The number of halogens is 2. The molecular formula is C23H23Cl2N5O4. The molecule has 1 atom stereocenters. The molecule has 1 aromatic heterocycles. The number of nitrogens with one attached hydrogen (secondary N) is 1. The number of hydrazone groups is 1. The summed E-state index contributed by atoms with van der Waals surface area (Å²) in [7, 11) is 0. The number of amides is 1. The number of aryl methyl sites for hydroxylation is 1. The number of nitrogens with zero attached hydrogens (tertiary/aromatic N) is 4. The summed E-state index contributed by atoms with van der Waals surface area (Å²) in [6.45, 7) is 6.66. The summed E-state index contributed by atoms with van der Waals surface area (Å²) >= 11 is 12.3. The van der Waals surface area contributed by atoms with Gasteiger partial charge in [0, 0.05) is 15.6 Å². The van der Waals surface area contributed by atoms with Crippen molar-refractivity contribution < 1.29 is 14.5 Å². The average Bonchev–Trinajstić information content (AvgIpc) is 3.10. The molecular weight excluding hydrogens is 481 g/mol. The van der Waals surface area contributed by atoms with Gasteiger partial charge >= 0.3 is 5.69 Å². The van der Waals surface area contributed by atoms with Crippen molar-refractivity contribution in [2.45, 2.75) is 40.3 Å². The summed E-state index contributed by atoms with van der Waals surface area (Å²) in [5, 5.41) is 20.5. The molecule has 0 aliphatic carbocycles. The standard InChI is InChI=1S/C23H23Cl2N5O4/c1-13(26-27-23(31)16(4)29-15(3)22(30(32)33)14(2)28-29)17-8-10-18(11-9-17)34-12-19-20(24)6-5-7-21(19)25/h5-11,16H,12H2,1-4H3,(H,27,31)/b26-13+. The highest BCUT2D eigenvalue weighted by atomic mass is 35.5. The third-order valence-corrected chi connectivity index (χ3v) is 5.97. The van der Waals surface area contributed by atoms with Crippen LogP contribution in [0.25, 0.3) is 0 Å². The van der Waals surface area contributed by atoms with Gasteiger partial charge in [-0.2, -0.15) is 10.2 Å². The molecule has 1 N–H and O–H groups in total. The molecule has 1 amide bonds. The van der Waals surface area contributed by atoms with Gasteiger partial charge in [0.15, 0.2) is 0 Å². The lowest BCUT2D eigenvalue weighted by molar-refractivity contribution is -0.386. The van der Waals surface area contributed by atoms with Gasteiger partial charge in [0.25, 0.3) is 5.91 Å². The van der Waals surface area contributed by atoms with Gasteiger partial charge in [0.2, 0.25) is 0 Å². The lowest BCUT2D eigenvalue weighted by atomic mass is 10.1. The van der Waals surface area contributed by atoms with E-state index < -0.39 is 16.9 Å². The topological polar surface area (TPSA) is 112 Å². The van der Waals surface area contributed by atoms with Crippen LogP contribution in [-0.4, -0.2) is 26.3 Å². The summed E-state index contributed by atoms with van der Waals surface area (Å²) in [6, 6.07) is 11.7. The predicted octanol–water partition coefficient (Wildman–Crippen LogP) is 5.40. The van der Waals surface area contributed by atoms with E-state index in [4.69, 9.17) is 27.9 Å². The van der Waals surface area contributed by atoms with Crippen LogP contribution in [0.3, 0.4) is 0 Å². The van der Waals surface area contributed by atoms with Crippen LogP contribution in [0.15, 0.2) is 47.6 Å². The van der Waals surface area contributed by atoms with Crippen molar-refractivity contribution in [2.24, 2.45) is 5.10 Å². The summed E-state index contributed by atoms with van der Waals surface area (Å²) in [5.74, 6) is 0.174. The van der Waals surface area contributed by atoms with E-state index in [9.17, 15) is 14.9 Å². The second-order valence-corrected chi connectivity index (χ2v) is 8.40. The largest absolute Gasteiger partial charge is 0.489 e.